The molecule has 8 heteroatoms. The van der Waals surface area contributed by atoms with Crippen molar-refractivity contribution < 1.29 is 17.9 Å². The Morgan fingerprint density at radius 2 is 2.07 bits per heavy atom. The second-order valence-corrected chi connectivity index (χ2v) is 9.30. The molecule has 0 spiro atoms. The van der Waals surface area contributed by atoms with Gasteiger partial charge in [-0.1, -0.05) is 13.3 Å². The van der Waals surface area contributed by atoms with Gasteiger partial charge in [0.1, 0.15) is 0 Å². The zero-order chi connectivity index (χ0) is 19.9. The maximum absolute atomic E-state index is 13.0. The van der Waals surface area contributed by atoms with Crippen molar-refractivity contribution in [1.29, 1.82) is 0 Å². The zero-order valence-corrected chi connectivity index (χ0v) is 17.6. The summed E-state index contributed by atoms with van der Waals surface area (Å²) < 4.78 is 33.8. The first-order valence-corrected chi connectivity index (χ1v) is 11.4. The molecule has 0 atom stereocenters. The van der Waals surface area contributed by atoms with Crippen molar-refractivity contribution in [2.75, 3.05) is 32.6 Å². The number of carbonyl (C=O) groups is 1. The number of aryl methyl sites for hydroxylation is 1. The lowest BCUT2D eigenvalue weighted by atomic mass is 10.3. The van der Waals surface area contributed by atoms with E-state index in [1.54, 1.807) is 7.11 Å². The number of sulfonamides is 1. The number of hydrogen-bond acceptors (Lipinski definition) is 4. The normalized spacial score (nSPS) is 14.7. The molecule has 154 valence electrons. The van der Waals surface area contributed by atoms with Gasteiger partial charge in [0.05, 0.1) is 18.8 Å². The van der Waals surface area contributed by atoms with E-state index in [4.69, 9.17) is 4.74 Å². The average Bonchev–Trinajstić information content (AvgIpc) is 3.39. The summed E-state index contributed by atoms with van der Waals surface area (Å²) in [7, 11) is 0.105. The third-order valence-electron chi connectivity index (χ3n) is 4.91. The van der Waals surface area contributed by atoms with Gasteiger partial charge >= 0.3 is 0 Å². The predicted octanol–water partition coefficient (Wildman–Crippen LogP) is 1.98. The number of rotatable bonds is 13. The first kappa shape index (κ1) is 21.9. The van der Waals surface area contributed by atoms with Gasteiger partial charge in [0.15, 0.2) is 0 Å². The Morgan fingerprint density at radius 1 is 1.33 bits per heavy atom. The Labute approximate surface area is 163 Å². The predicted molar refractivity (Wildman–Crippen MR) is 106 cm³/mol. The third kappa shape index (κ3) is 6.62. The van der Waals surface area contributed by atoms with Gasteiger partial charge in [0.25, 0.3) is 0 Å². The monoisotopic (exact) mass is 399 g/mol. The van der Waals surface area contributed by atoms with Crippen LogP contribution in [0.25, 0.3) is 0 Å². The smallest absolute Gasteiger partial charge is 0.238 e. The van der Waals surface area contributed by atoms with Crippen molar-refractivity contribution in [2.24, 2.45) is 7.05 Å². The van der Waals surface area contributed by atoms with E-state index in [-0.39, 0.29) is 24.2 Å². The first-order valence-electron chi connectivity index (χ1n) is 9.75. The summed E-state index contributed by atoms with van der Waals surface area (Å²) >= 11 is 0. The quantitative estimate of drug-likeness (QED) is 0.476. The van der Waals surface area contributed by atoms with Crippen LogP contribution in [0.5, 0.6) is 0 Å². The number of amides is 1. The Morgan fingerprint density at radius 3 is 2.63 bits per heavy atom. The summed E-state index contributed by atoms with van der Waals surface area (Å²) in [5, 5.41) is 0. The lowest BCUT2D eigenvalue weighted by molar-refractivity contribution is -0.132. The fourth-order valence-corrected chi connectivity index (χ4v) is 4.67. The number of ether oxygens (including phenoxy) is 1. The maximum atomic E-state index is 13.0. The number of aromatic nitrogens is 1. The molecule has 1 amide bonds. The molecular weight excluding hydrogens is 366 g/mol. The lowest BCUT2D eigenvalue weighted by Gasteiger charge is -2.27. The summed E-state index contributed by atoms with van der Waals surface area (Å²) in [5.41, 5.74) is 1.05. The standard InChI is InChI=1S/C19H33N3O4S/c1-4-5-14-27(24,25)21(12-7-13-26-3)16-19(23)22(17-9-10-17)15-18-8-6-11-20(18)2/h6,8,11,17H,4-5,7,9-10,12-16H2,1-3H3. The molecule has 0 N–H and O–H groups in total. The van der Waals surface area contributed by atoms with Gasteiger partial charge in [-0.3, -0.25) is 4.79 Å². The van der Waals surface area contributed by atoms with Gasteiger partial charge in [-0.25, -0.2) is 8.42 Å². The van der Waals surface area contributed by atoms with E-state index < -0.39 is 10.0 Å². The molecule has 0 unspecified atom stereocenters. The number of nitrogens with zero attached hydrogens (tertiary/aromatic N) is 3. The van der Waals surface area contributed by atoms with Crippen molar-refractivity contribution in [2.45, 2.75) is 51.6 Å². The van der Waals surface area contributed by atoms with E-state index in [9.17, 15) is 13.2 Å². The molecule has 0 bridgehead atoms. The molecular formula is C19H33N3O4S. The number of hydrogen-bond donors (Lipinski definition) is 0. The van der Waals surface area contributed by atoms with Gasteiger partial charge in [0.2, 0.25) is 15.9 Å². The van der Waals surface area contributed by atoms with Crippen LogP contribution in [0, 0.1) is 0 Å². The molecule has 1 aliphatic rings. The van der Waals surface area contributed by atoms with Gasteiger partial charge < -0.3 is 14.2 Å². The van der Waals surface area contributed by atoms with E-state index >= 15 is 0 Å². The van der Waals surface area contributed by atoms with E-state index in [0.717, 1.165) is 25.0 Å². The molecule has 1 saturated carbocycles. The molecule has 27 heavy (non-hydrogen) atoms. The van der Waals surface area contributed by atoms with Gasteiger partial charge in [-0.05, 0) is 37.8 Å². The molecule has 2 rings (SSSR count). The van der Waals surface area contributed by atoms with E-state index in [1.165, 1.54) is 4.31 Å². The van der Waals surface area contributed by atoms with Gasteiger partial charge in [-0.2, -0.15) is 4.31 Å². The largest absolute Gasteiger partial charge is 0.385 e. The molecule has 1 fully saturated rings. The molecule has 0 aliphatic heterocycles. The highest BCUT2D eigenvalue weighted by atomic mass is 32.2. The SMILES string of the molecule is CCCCS(=O)(=O)N(CCCOC)CC(=O)N(Cc1cccn1C)C1CC1. The van der Waals surface area contributed by atoms with Crippen molar-refractivity contribution in [3.05, 3.63) is 24.0 Å². The topological polar surface area (TPSA) is 71.8 Å². The van der Waals surface area contributed by atoms with Crippen molar-refractivity contribution in [3.8, 4) is 0 Å². The average molecular weight is 400 g/mol. The minimum Gasteiger partial charge on any atom is -0.385 e. The summed E-state index contributed by atoms with van der Waals surface area (Å²) in [5.74, 6) is -0.0263. The van der Waals surface area contributed by atoms with E-state index in [1.807, 2.05) is 41.8 Å². The fourth-order valence-electron chi connectivity index (χ4n) is 3.04. The van der Waals surface area contributed by atoms with Crippen LogP contribution in [0.1, 0.15) is 44.7 Å². The summed E-state index contributed by atoms with van der Waals surface area (Å²) in [6.45, 7) is 3.19. The molecule has 1 aliphatic carbocycles. The van der Waals surface area contributed by atoms with Crippen LogP contribution in [0.2, 0.25) is 0 Å². The highest BCUT2D eigenvalue weighted by molar-refractivity contribution is 7.89. The molecule has 0 aromatic carbocycles. The Bertz CT molecular complexity index is 698. The number of methoxy groups -OCH3 is 1. The van der Waals surface area contributed by atoms with Gasteiger partial charge in [-0.15, -0.1) is 0 Å². The Balaban J connectivity index is 2.08. The second-order valence-electron chi connectivity index (χ2n) is 7.21. The van der Waals surface area contributed by atoms with Crippen LogP contribution >= 0.6 is 0 Å². The molecule has 1 aromatic rings. The fraction of sp³-hybridized carbons (Fsp3) is 0.737. The van der Waals surface area contributed by atoms with E-state index in [2.05, 4.69) is 0 Å². The Hall–Kier alpha value is -1.38. The van der Waals surface area contributed by atoms with Crippen LogP contribution in [0.15, 0.2) is 18.3 Å². The third-order valence-corrected chi connectivity index (χ3v) is 6.81. The highest BCUT2D eigenvalue weighted by Crippen LogP contribution is 2.28. The molecule has 1 aromatic heterocycles. The van der Waals surface area contributed by atoms with Crippen molar-refractivity contribution >= 4 is 15.9 Å². The van der Waals surface area contributed by atoms with Crippen LogP contribution < -0.4 is 0 Å². The molecule has 1 heterocycles. The van der Waals surface area contributed by atoms with Gasteiger partial charge in [0, 0.05) is 45.2 Å². The zero-order valence-electron chi connectivity index (χ0n) is 16.8. The minimum atomic E-state index is -3.44. The molecule has 0 saturated heterocycles. The lowest BCUT2D eigenvalue weighted by Crippen LogP contribution is -2.45. The van der Waals surface area contributed by atoms with Crippen LogP contribution in [0.3, 0.4) is 0 Å². The van der Waals surface area contributed by atoms with Crippen LogP contribution in [0.4, 0.5) is 0 Å². The molecule has 7 nitrogen and oxygen atoms in total. The second kappa shape index (κ2) is 10.2. The molecule has 0 radical (unpaired) electrons. The van der Waals surface area contributed by atoms with E-state index in [0.29, 0.717) is 32.5 Å². The number of carbonyl (C=O) groups excluding carboxylic acids is 1. The van der Waals surface area contributed by atoms with Crippen molar-refractivity contribution in [1.82, 2.24) is 13.8 Å². The minimum absolute atomic E-state index is 0.0866. The van der Waals surface area contributed by atoms with Crippen LogP contribution in [-0.2, 0) is 33.1 Å². The Kier molecular flexibility index (Phi) is 8.31. The summed E-state index contributed by atoms with van der Waals surface area (Å²) in [6, 6.07) is 4.18. The summed E-state index contributed by atoms with van der Waals surface area (Å²) in [4.78, 5) is 14.8. The first-order chi connectivity index (χ1) is 12.9. The maximum Gasteiger partial charge on any atom is 0.238 e. The van der Waals surface area contributed by atoms with Crippen molar-refractivity contribution in [3.63, 3.8) is 0 Å². The summed E-state index contributed by atoms with van der Waals surface area (Å²) in [6.07, 6.45) is 5.92. The highest BCUT2D eigenvalue weighted by Gasteiger charge is 2.35. The van der Waals surface area contributed by atoms with Crippen LogP contribution in [-0.4, -0.2) is 66.7 Å². The number of unbranched alkanes of at least 4 members (excludes halogenated alkanes) is 1.